The van der Waals surface area contributed by atoms with Gasteiger partial charge in [-0.15, -0.1) is 0 Å². The van der Waals surface area contributed by atoms with Gasteiger partial charge in [-0.3, -0.25) is 4.79 Å². The SMILES string of the molecule is CCCCCC(C)NC(=O)C1CCN(S(=O)(=O)c2ccc(OC)cc2)CC1. The summed E-state index contributed by atoms with van der Waals surface area (Å²) in [5.74, 6) is 0.568. The number of carbonyl (C=O) groups is 1. The van der Waals surface area contributed by atoms with Crippen LogP contribution < -0.4 is 10.1 Å². The molecular weight excluding hydrogens is 364 g/mol. The third kappa shape index (κ3) is 5.94. The van der Waals surface area contributed by atoms with Crippen LogP contribution in [0.3, 0.4) is 0 Å². The number of benzene rings is 1. The monoisotopic (exact) mass is 396 g/mol. The largest absolute Gasteiger partial charge is 0.497 e. The molecule has 1 heterocycles. The Morgan fingerprint density at radius 2 is 1.85 bits per heavy atom. The summed E-state index contributed by atoms with van der Waals surface area (Å²) < 4.78 is 32.1. The van der Waals surface area contributed by atoms with Crippen molar-refractivity contribution in [3.63, 3.8) is 0 Å². The second-order valence-corrected chi connectivity index (χ2v) is 9.20. The number of piperidine rings is 1. The molecule has 1 aliphatic heterocycles. The number of unbranched alkanes of at least 4 members (excludes halogenated alkanes) is 2. The van der Waals surface area contributed by atoms with Gasteiger partial charge in [0.1, 0.15) is 5.75 Å². The Morgan fingerprint density at radius 1 is 1.22 bits per heavy atom. The lowest BCUT2D eigenvalue weighted by molar-refractivity contribution is -0.126. The quantitative estimate of drug-likeness (QED) is 0.651. The van der Waals surface area contributed by atoms with Gasteiger partial charge in [-0.2, -0.15) is 4.31 Å². The van der Waals surface area contributed by atoms with E-state index in [9.17, 15) is 13.2 Å². The summed E-state index contributed by atoms with van der Waals surface area (Å²) in [6.07, 6.45) is 5.58. The van der Waals surface area contributed by atoms with E-state index in [0.717, 1.165) is 12.8 Å². The van der Waals surface area contributed by atoms with E-state index in [1.165, 1.54) is 17.1 Å². The van der Waals surface area contributed by atoms with Crippen LogP contribution in [-0.2, 0) is 14.8 Å². The molecule has 1 fully saturated rings. The van der Waals surface area contributed by atoms with Crippen LogP contribution in [0, 0.1) is 5.92 Å². The van der Waals surface area contributed by atoms with Gasteiger partial charge < -0.3 is 10.1 Å². The Morgan fingerprint density at radius 3 is 2.41 bits per heavy atom. The van der Waals surface area contributed by atoms with Crippen LogP contribution in [0.2, 0.25) is 0 Å². The van der Waals surface area contributed by atoms with E-state index in [4.69, 9.17) is 4.74 Å². The lowest BCUT2D eigenvalue weighted by Crippen LogP contribution is -2.44. The normalized spacial score (nSPS) is 17.4. The molecule has 0 aliphatic carbocycles. The van der Waals surface area contributed by atoms with Gasteiger partial charge in [-0.25, -0.2) is 8.42 Å². The second kappa shape index (κ2) is 10.1. The van der Waals surface area contributed by atoms with Crippen LogP contribution in [-0.4, -0.2) is 44.9 Å². The third-order valence-electron chi connectivity index (χ3n) is 5.15. The maximum atomic E-state index is 12.8. The Labute approximate surface area is 163 Å². The highest BCUT2D eigenvalue weighted by molar-refractivity contribution is 7.89. The zero-order chi connectivity index (χ0) is 19.9. The molecule has 1 aromatic rings. The van der Waals surface area contributed by atoms with Crippen molar-refractivity contribution in [2.75, 3.05) is 20.2 Å². The molecule has 0 bridgehead atoms. The summed E-state index contributed by atoms with van der Waals surface area (Å²) in [6, 6.07) is 6.58. The first-order chi connectivity index (χ1) is 12.9. The Bertz CT molecular complexity index is 695. The number of carbonyl (C=O) groups excluding carboxylic acids is 1. The van der Waals surface area contributed by atoms with Crippen LogP contribution in [0.4, 0.5) is 0 Å². The highest BCUT2D eigenvalue weighted by Crippen LogP contribution is 2.25. The van der Waals surface area contributed by atoms with Crippen LogP contribution in [0.1, 0.15) is 52.4 Å². The van der Waals surface area contributed by atoms with Crippen LogP contribution in [0.5, 0.6) is 5.75 Å². The number of hydrogen-bond donors (Lipinski definition) is 1. The van der Waals surface area contributed by atoms with Crippen molar-refractivity contribution >= 4 is 15.9 Å². The molecule has 7 heteroatoms. The molecule has 0 aromatic heterocycles. The maximum absolute atomic E-state index is 12.8. The van der Waals surface area contributed by atoms with Gasteiger partial charge in [0.05, 0.1) is 12.0 Å². The third-order valence-corrected chi connectivity index (χ3v) is 7.06. The van der Waals surface area contributed by atoms with E-state index < -0.39 is 10.0 Å². The number of rotatable bonds is 9. The van der Waals surface area contributed by atoms with Gasteiger partial charge in [0.15, 0.2) is 0 Å². The first-order valence-corrected chi connectivity index (χ1v) is 11.3. The fraction of sp³-hybridized carbons (Fsp3) is 0.650. The number of nitrogens with one attached hydrogen (secondary N) is 1. The zero-order valence-corrected chi connectivity index (χ0v) is 17.4. The summed E-state index contributed by atoms with van der Waals surface area (Å²) in [5, 5.41) is 3.09. The van der Waals surface area contributed by atoms with Crippen molar-refractivity contribution in [3.8, 4) is 5.75 Å². The van der Waals surface area contributed by atoms with Crippen LogP contribution in [0.25, 0.3) is 0 Å². The first-order valence-electron chi connectivity index (χ1n) is 9.83. The van der Waals surface area contributed by atoms with Crippen molar-refractivity contribution in [1.29, 1.82) is 0 Å². The molecule has 1 aliphatic rings. The average molecular weight is 397 g/mol. The van der Waals surface area contributed by atoms with Gasteiger partial charge in [0.2, 0.25) is 15.9 Å². The predicted octanol–water partition coefficient (Wildman–Crippen LogP) is 3.18. The topological polar surface area (TPSA) is 75.7 Å². The lowest BCUT2D eigenvalue weighted by Gasteiger charge is -2.31. The Kier molecular flexibility index (Phi) is 8.10. The molecule has 27 heavy (non-hydrogen) atoms. The second-order valence-electron chi connectivity index (χ2n) is 7.26. The van der Waals surface area contributed by atoms with Gasteiger partial charge >= 0.3 is 0 Å². The minimum absolute atomic E-state index is 0.0560. The molecule has 0 saturated carbocycles. The molecule has 1 atom stereocenters. The van der Waals surface area contributed by atoms with Gasteiger partial charge in [-0.05, 0) is 50.5 Å². The number of nitrogens with zero attached hydrogens (tertiary/aromatic N) is 1. The fourth-order valence-electron chi connectivity index (χ4n) is 3.39. The fourth-order valence-corrected chi connectivity index (χ4v) is 4.86. The Balaban J connectivity index is 1.87. The Hall–Kier alpha value is -1.60. The van der Waals surface area contributed by atoms with Gasteiger partial charge in [-0.1, -0.05) is 26.2 Å². The van der Waals surface area contributed by atoms with Crippen molar-refractivity contribution in [3.05, 3.63) is 24.3 Å². The van der Waals surface area contributed by atoms with E-state index >= 15 is 0 Å². The molecule has 0 radical (unpaired) electrons. The molecule has 0 spiro atoms. The molecular formula is C20H32N2O4S. The van der Waals surface area contributed by atoms with Gasteiger partial charge in [0.25, 0.3) is 0 Å². The van der Waals surface area contributed by atoms with Gasteiger partial charge in [0, 0.05) is 25.0 Å². The standard InChI is InChI=1S/C20H32N2O4S/c1-4-5-6-7-16(2)21-20(23)17-12-14-22(15-13-17)27(24,25)19-10-8-18(26-3)9-11-19/h8-11,16-17H,4-7,12-15H2,1-3H3,(H,21,23). The number of hydrogen-bond acceptors (Lipinski definition) is 4. The summed E-state index contributed by atoms with van der Waals surface area (Å²) in [7, 11) is -1.98. The van der Waals surface area contributed by atoms with E-state index in [1.54, 1.807) is 31.4 Å². The number of sulfonamides is 1. The number of methoxy groups -OCH3 is 1. The summed E-state index contributed by atoms with van der Waals surface area (Å²) in [6.45, 7) is 4.95. The molecule has 1 amide bonds. The molecule has 152 valence electrons. The number of ether oxygens (including phenoxy) is 1. The number of amides is 1. The zero-order valence-electron chi connectivity index (χ0n) is 16.6. The van der Waals surface area contributed by atoms with E-state index in [-0.39, 0.29) is 22.8 Å². The molecule has 6 nitrogen and oxygen atoms in total. The minimum Gasteiger partial charge on any atom is -0.497 e. The van der Waals surface area contributed by atoms with Crippen molar-refractivity contribution in [1.82, 2.24) is 9.62 Å². The highest BCUT2D eigenvalue weighted by atomic mass is 32.2. The average Bonchev–Trinajstić information content (AvgIpc) is 2.68. The van der Waals surface area contributed by atoms with Crippen LogP contribution >= 0.6 is 0 Å². The summed E-state index contributed by atoms with van der Waals surface area (Å²) in [5.41, 5.74) is 0. The summed E-state index contributed by atoms with van der Waals surface area (Å²) in [4.78, 5) is 12.7. The van der Waals surface area contributed by atoms with Crippen molar-refractivity contribution < 1.29 is 17.9 Å². The van der Waals surface area contributed by atoms with Crippen molar-refractivity contribution in [2.24, 2.45) is 5.92 Å². The maximum Gasteiger partial charge on any atom is 0.243 e. The highest BCUT2D eigenvalue weighted by Gasteiger charge is 2.32. The molecule has 1 saturated heterocycles. The molecule has 1 aromatic carbocycles. The molecule has 1 N–H and O–H groups in total. The minimum atomic E-state index is -3.53. The van der Waals surface area contributed by atoms with E-state index in [0.29, 0.717) is 31.7 Å². The van der Waals surface area contributed by atoms with E-state index in [1.807, 2.05) is 6.92 Å². The molecule has 1 unspecified atom stereocenters. The predicted molar refractivity (Wildman–Crippen MR) is 106 cm³/mol. The van der Waals surface area contributed by atoms with E-state index in [2.05, 4.69) is 12.2 Å². The smallest absolute Gasteiger partial charge is 0.243 e. The van der Waals surface area contributed by atoms with Crippen LogP contribution in [0.15, 0.2) is 29.2 Å². The lowest BCUT2D eigenvalue weighted by atomic mass is 9.96. The molecule has 2 rings (SSSR count). The van der Waals surface area contributed by atoms with Crippen molar-refractivity contribution in [2.45, 2.75) is 63.3 Å². The first kappa shape index (κ1) is 21.7. The summed E-state index contributed by atoms with van der Waals surface area (Å²) >= 11 is 0.